The Morgan fingerprint density at radius 1 is 1.00 bits per heavy atom. The lowest BCUT2D eigenvalue weighted by Gasteiger charge is -2.17. The van der Waals surface area contributed by atoms with Crippen LogP contribution in [0.1, 0.15) is 36.7 Å². The molecule has 0 fully saturated rings. The maximum atomic E-state index is 12.2. The molecule has 0 atom stereocenters. The van der Waals surface area contributed by atoms with Crippen LogP contribution >= 0.6 is 11.6 Å². The van der Waals surface area contributed by atoms with Crippen LogP contribution in [0.2, 0.25) is 5.02 Å². The van der Waals surface area contributed by atoms with Crippen molar-refractivity contribution in [2.45, 2.75) is 27.7 Å². The van der Waals surface area contributed by atoms with E-state index in [4.69, 9.17) is 21.1 Å². The smallest absolute Gasteiger partial charge is 0.344 e. The van der Waals surface area contributed by atoms with Crippen molar-refractivity contribution in [2.75, 3.05) is 18.5 Å². The zero-order chi connectivity index (χ0) is 21.6. The largest absolute Gasteiger partial charge is 0.482 e. The van der Waals surface area contributed by atoms with Gasteiger partial charge in [0.25, 0.3) is 0 Å². The molecule has 2 aromatic carbocycles. The van der Waals surface area contributed by atoms with E-state index < -0.39 is 18.0 Å². The third-order valence-electron chi connectivity index (χ3n) is 3.99. The summed E-state index contributed by atoms with van der Waals surface area (Å²) in [5.41, 5.74) is 1.24. The standard InChI is InChI=1S/C22H24ClNO5/c1-14-11-16(23)7-10-19(14)28-13-20(26)29-12-18(25)15-5-8-17(9-6-15)24-21(27)22(2,3)4/h5-11H,12-13H2,1-4H3,(H,24,27). The lowest BCUT2D eigenvalue weighted by atomic mass is 9.95. The summed E-state index contributed by atoms with van der Waals surface area (Å²) in [5.74, 6) is -0.608. The van der Waals surface area contributed by atoms with Gasteiger partial charge in [0.05, 0.1) is 0 Å². The number of esters is 1. The first kappa shape index (κ1) is 22.4. The Labute approximate surface area is 175 Å². The van der Waals surface area contributed by atoms with Gasteiger partial charge in [0.1, 0.15) is 5.75 Å². The second kappa shape index (κ2) is 9.56. The number of anilines is 1. The van der Waals surface area contributed by atoms with Crippen LogP contribution < -0.4 is 10.1 Å². The Morgan fingerprint density at radius 3 is 2.24 bits per heavy atom. The lowest BCUT2D eigenvalue weighted by molar-refractivity contribution is -0.144. The number of rotatable bonds is 7. The third-order valence-corrected chi connectivity index (χ3v) is 4.23. The van der Waals surface area contributed by atoms with Crippen LogP contribution in [0.5, 0.6) is 5.75 Å². The van der Waals surface area contributed by atoms with E-state index in [9.17, 15) is 14.4 Å². The van der Waals surface area contributed by atoms with E-state index in [0.29, 0.717) is 22.0 Å². The fraction of sp³-hybridized carbons (Fsp3) is 0.318. The Kier molecular flexibility index (Phi) is 7.40. The molecule has 2 rings (SSSR count). The first-order chi connectivity index (χ1) is 13.6. The summed E-state index contributed by atoms with van der Waals surface area (Å²) in [6.07, 6.45) is 0. The monoisotopic (exact) mass is 417 g/mol. The number of hydrogen-bond donors (Lipinski definition) is 1. The van der Waals surface area contributed by atoms with Crippen LogP contribution in [-0.2, 0) is 14.3 Å². The van der Waals surface area contributed by atoms with E-state index in [0.717, 1.165) is 5.56 Å². The van der Waals surface area contributed by atoms with Crippen molar-refractivity contribution in [3.05, 3.63) is 58.6 Å². The van der Waals surface area contributed by atoms with Gasteiger partial charge in [-0.2, -0.15) is 0 Å². The molecule has 0 aliphatic rings. The van der Waals surface area contributed by atoms with Gasteiger partial charge in [-0.25, -0.2) is 4.79 Å². The van der Waals surface area contributed by atoms with Gasteiger partial charge in [-0.1, -0.05) is 32.4 Å². The zero-order valence-electron chi connectivity index (χ0n) is 16.9. The number of halogens is 1. The number of amides is 1. The minimum atomic E-state index is -0.651. The van der Waals surface area contributed by atoms with Gasteiger partial charge in [-0.15, -0.1) is 0 Å². The van der Waals surface area contributed by atoms with Crippen molar-refractivity contribution in [3.63, 3.8) is 0 Å². The molecule has 154 valence electrons. The number of ketones is 1. The number of ether oxygens (including phenoxy) is 2. The Bertz CT molecular complexity index is 900. The normalized spacial score (nSPS) is 10.9. The van der Waals surface area contributed by atoms with Gasteiger partial charge in [0, 0.05) is 21.7 Å². The van der Waals surface area contributed by atoms with Crippen LogP contribution in [-0.4, -0.2) is 30.9 Å². The van der Waals surface area contributed by atoms with Crippen molar-refractivity contribution in [3.8, 4) is 5.75 Å². The summed E-state index contributed by atoms with van der Waals surface area (Å²) in [6, 6.07) is 11.4. The van der Waals surface area contributed by atoms with Gasteiger partial charge >= 0.3 is 5.97 Å². The van der Waals surface area contributed by atoms with Crippen LogP contribution in [0.4, 0.5) is 5.69 Å². The summed E-state index contributed by atoms with van der Waals surface area (Å²) in [4.78, 5) is 36.0. The molecule has 0 aliphatic carbocycles. The Hall–Kier alpha value is -2.86. The lowest BCUT2D eigenvalue weighted by Crippen LogP contribution is -2.27. The highest BCUT2D eigenvalue weighted by atomic mass is 35.5. The molecule has 2 aromatic rings. The summed E-state index contributed by atoms with van der Waals surface area (Å²) in [7, 11) is 0. The zero-order valence-corrected chi connectivity index (χ0v) is 17.6. The molecule has 0 unspecified atom stereocenters. The van der Waals surface area contributed by atoms with Crippen molar-refractivity contribution in [2.24, 2.45) is 5.41 Å². The minimum absolute atomic E-state index is 0.124. The minimum Gasteiger partial charge on any atom is -0.482 e. The van der Waals surface area contributed by atoms with Crippen molar-refractivity contribution >= 4 is 34.9 Å². The van der Waals surface area contributed by atoms with Crippen LogP contribution in [0.15, 0.2) is 42.5 Å². The van der Waals surface area contributed by atoms with Gasteiger partial charge in [0.15, 0.2) is 19.0 Å². The second-order valence-corrected chi connectivity index (χ2v) is 8.00. The highest BCUT2D eigenvalue weighted by Gasteiger charge is 2.21. The summed E-state index contributed by atoms with van der Waals surface area (Å²) >= 11 is 5.87. The number of carbonyl (C=O) groups excluding carboxylic acids is 3. The molecule has 0 aromatic heterocycles. The van der Waals surface area contributed by atoms with Crippen molar-refractivity contribution in [1.29, 1.82) is 0 Å². The van der Waals surface area contributed by atoms with Crippen LogP contribution in [0.3, 0.4) is 0 Å². The van der Waals surface area contributed by atoms with E-state index in [-0.39, 0.29) is 18.3 Å². The fourth-order valence-corrected chi connectivity index (χ4v) is 2.47. The molecule has 0 aliphatic heterocycles. The van der Waals surface area contributed by atoms with Crippen molar-refractivity contribution < 1.29 is 23.9 Å². The molecule has 1 amide bonds. The predicted molar refractivity (Wildman–Crippen MR) is 112 cm³/mol. The molecule has 0 spiro atoms. The van der Waals surface area contributed by atoms with Gasteiger partial charge in [-0.05, 0) is 55.0 Å². The Morgan fingerprint density at radius 2 is 1.66 bits per heavy atom. The fourth-order valence-electron chi connectivity index (χ4n) is 2.24. The van der Waals surface area contributed by atoms with Crippen molar-refractivity contribution in [1.82, 2.24) is 0 Å². The maximum Gasteiger partial charge on any atom is 0.344 e. The molecule has 0 saturated carbocycles. The number of benzene rings is 2. The molecule has 0 radical (unpaired) electrons. The van der Waals surface area contributed by atoms with Crippen LogP contribution in [0, 0.1) is 12.3 Å². The Balaban J connectivity index is 1.82. The second-order valence-electron chi connectivity index (χ2n) is 7.56. The molecule has 6 nitrogen and oxygen atoms in total. The highest BCUT2D eigenvalue weighted by Crippen LogP contribution is 2.22. The quantitative estimate of drug-likeness (QED) is 0.532. The summed E-state index contributed by atoms with van der Waals surface area (Å²) in [6.45, 7) is 6.54. The molecule has 1 N–H and O–H groups in total. The average Bonchev–Trinajstić information content (AvgIpc) is 2.65. The number of Topliss-reactive ketones (excluding diaryl/α,β-unsaturated/α-hetero) is 1. The molecule has 0 heterocycles. The highest BCUT2D eigenvalue weighted by molar-refractivity contribution is 6.30. The maximum absolute atomic E-state index is 12.2. The molecule has 0 bridgehead atoms. The molecule has 29 heavy (non-hydrogen) atoms. The van der Waals surface area contributed by atoms with E-state index >= 15 is 0 Å². The van der Waals surface area contributed by atoms with E-state index in [1.165, 1.54) is 0 Å². The van der Waals surface area contributed by atoms with Gasteiger partial charge in [-0.3, -0.25) is 9.59 Å². The molecule has 7 heteroatoms. The number of hydrogen-bond acceptors (Lipinski definition) is 5. The predicted octanol–water partition coefficient (Wildman–Crippen LogP) is 4.44. The number of carbonyl (C=O) groups is 3. The first-order valence-electron chi connectivity index (χ1n) is 9.05. The number of nitrogens with one attached hydrogen (secondary N) is 1. The summed E-state index contributed by atoms with van der Waals surface area (Å²) in [5, 5.41) is 3.35. The molecular weight excluding hydrogens is 394 g/mol. The van der Waals surface area contributed by atoms with Crippen LogP contribution in [0.25, 0.3) is 0 Å². The van der Waals surface area contributed by atoms with E-state index in [1.807, 2.05) is 27.7 Å². The average molecular weight is 418 g/mol. The van der Waals surface area contributed by atoms with E-state index in [1.54, 1.807) is 42.5 Å². The topological polar surface area (TPSA) is 81.7 Å². The first-order valence-corrected chi connectivity index (χ1v) is 9.43. The van der Waals surface area contributed by atoms with Gasteiger partial charge < -0.3 is 14.8 Å². The molecule has 0 saturated heterocycles. The number of aryl methyl sites for hydroxylation is 1. The third kappa shape index (κ3) is 6.91. The SMILES string of the molecule is Cc1cc(Cl)ccc1OCC(=O)OCC(=O)c1ccc(NC(=O)C(C)(C)C)cc1. The summed E-state index contributed by atoms with van der Waals surface area (Å²) < 4.78 is 10.4. The molecular formula is C22H24ClNO5. The van der Waals surface area contributed by atoms with Gasteiger partial charge in [0.2, 0.25) is 5.91 Å². The van der Waals surface area contributed by atoms with E-state index in [2.05, 4.69) is 5.32 Å².